The number of ether oxygens (including phenoxy) is 1. The monoisotopic (exact) mass is 287 g/mol. The second kappa shape index (κ2) is 4.83. The second-order valence-corrected chi connectivity index (χ2v) is 6.20. The molecule has 2 aromatic heterocycles. The topological polar surface area (TPSA) is 53.1 Å². The van der Waals surface area contributed by atoms with Crippen molar-refractivity contribution in [3.8, 4) is 5.75 Å². The lowest BCUT2D eigenvalue weighted by atomic mass is 10.2. The van der Waals surface area contributed by atoms with Gasteiger partial charge in [-0.1, -0.05) is 0 Å². The number of methoxy groups -OCH3 is 1. The Bertz CT molecular complexity index is 753. The van der Waals surface area contributed by atoms with Crippen LogP contribution in [0.15, 0.2) is 24.3 Å². The maximum absolute atomic E-state index is 6.05. The van der Waals surface area contributed by atoms with E-state index in [1.54, 1.807) is 7.11 Å². The molecule has 4 nitrogen and oxygen atoms in total. The molecule has 1 aromatic carbocycles. The zero-order valence-electron chi connectivity index (χ0n) is 11.8. The van der Waals surface area contributed by atoms with Crippen LogP contribution in [-0.4, -0.2) is 16.7 Å². The fraction of sp³-hybridized carbons (Fsp3) is 0.267. The number of benzene rings is 1. The molecule has 0 fully saturated rings. The van der Waals surface area contributed by atoms with Crippen molar-refractivity contribution in [3.05, 3.63) is 39.6 Å². The van der Waals surface area contributed by atoms with Crippen LogP contribution in [0.5, 0.6) is 5.75 Å². The summed E-state index contributed by atoms with van der Waals surface area (Å²) in [6, 6.07) is 8.07. The number of rotatable bonds is 3. The molecule has 0 radical (unpaired) electrons. The third-order valence-corrected chi connectivity index (χ3v) is 4.65. The van der Waals surface area contributed by atoms with Crippen LogP contribution in [0.3, 0.4) is 0 Å². The maximum Gasteiger partial charge on any atom is 0.201 e. The summed E-state index contributed by atoms with van der Waals surface area (Å²) >= 11 is 1.81. The average molecular weight is 287 g/mol. The lowest BCUT2D eigenvalue weighted by molar-refractivity contribution is 0.415. The highest BCUT2D eigenvalue weighted by Crippen LogP contribution is 2.27. The van der Waals surface area contributed by atoms with Gasteiger partial charge in [-0.2, -0.15) is 0 Å². The zero-order valence-corrected chi connectivity index (χ0v) is 12.6. The number of nitrogens with zero attached hydrogens (tertiary/aromatic N) is 2. The molecular formula is C15H17N3OS. The number of imidazole rings is 1. The van der Waals surface area contributed by atoms with Crippen LogP contribution in [0.2, 0.25) is 0 Å². The Morgan fingerprint density at radius 1 is 1.30 bits per heavy atom. The van der Waals surface area contributed by atoms with Crippen LogP contribution < -0.4 is 10.5 Å². The van der Waals surface area contributed by atoms with Gasteiger partial charge in [-0.3, -0.25) is 0 Å². The lowest BCUT2D eigenvalue weighted by Gasteiger charge is -2.05. The van der Waals surface area contributed by atoms with Crippen LogP contribution in [0.1, 0.15) is 15.3 Å². The van der Waals surface area contributed by atoms with E-state index < -0.39 is 0 Å². The lowest BCUT2D eigenvalue weighted by Crippen LogP contribution is -2.03. The van der Waals surface area contributed by atoms with E-state index >= 15 is 0 Å². The first kappa shape index (κ1) is 13.0. The summed E-state index contributed by atoms with van der Waals surface area (Å²) in [5.41, 5.74) is 9.28. The van der Waals surface area contributed by atoms with E-state index in [1.807, 2.05) is 34.1 Å². The predicted octanol–water partition coefficient (Wildman–Crippen LogP) is 3.35. The van der Waals surface area contributed by atoms with Crippen LogP contribution in [-0.2, 0) is 6.54 Å². The molecule has 2 heterocycles. The molecule has 0 aliphatic rings. The molecule has 0 amide bonds. The van der Waals surface area contributed by atoms with Gasteiger partial charge in [0, 0.05) is 15.8 Å². The van der Waals surface area contributed by atoms with Crippen molar-refractivity contribution in [1.82, 2.24) is 9.55 Å². The number of anilines is 1. The van der Waals surface area contributed by atoms with Crippen molar-refractivity contribution in [1.29, 1.82) is 0 Å². The molecule has 0 aliphatic carbocycles. The third kappa shape index (κ3) is 2.14. The minimum Gasteiger partial charge on any atom is -0.497 e. The number of nitrogens with two attached hydrogens (primary N) is 1. The summed E-state index contributed by atoms with van der Waals surface area (Å²) in [6.45, 7) is 5.04. The van der Waals surface area contributed by atoms with Crippen LogP contribution in [0, 0.1) is 13.8 Å². The van der Waals surface area contributed by atoms with E-state index in [9.17, 15) is 0 Å². The van der Waals surface area contributed by atoms with Gasteiger partial charge in [0.2, 0.25) is 5.95 Å². The summed E-state index contributed by atoms with van der Waals surface area (Å²) in [5, 5.41) is 0. The molecule has 0 atom stereocenters. The maximum atomic E-state index is 6.05. The first-order chi connectivity index (χ1) is 9.58. The molecule has 0 unspecified atom stereocenters. The van der Waals surface area contributed by atoms with Gasteiger partial charge in [-0.25, -0.2) is 4.98 Å². The fourth-order valence-electron chi connectivity index (χ4n) is 2.30. The molecule has 3 aromatic rings. The molecule has 20 heavy (non-hydrogen) atoms. The van der Waals surface area contributed by atoms with Crippen molar-refractivity contribution >= 4 is 28.3 Å². The number of hydrogen-bond acceptors (Lipinski definition) is 4. The van der Waals surface area contributed by atoms with Gasteiger partial charge in [-0.15, -0.1) is 11.3 Å². The first-order valence-corrected chi connectivity index (χ1v) is 7.26. The van der Waals surface area contributed by atoms with Crippen LogP contribution >= 0.6 is 11.3 Å². The van der Waals surface area contributed by atoms with Crippen molar-refractivity contribution in [2.24, 2.45) is 0 Å². The number of hydrogen-bond donors (Lipinski definition) is 1. The molecule has 0 saturated heterocycles. The number of aryl methyl sites for hydroxylation is 2. The second-order valence-electron chi connectivity index (χ2n) is 4.86. The molecule has 0 spiro atoms. The molecule has 3 rings (SSSR count). The number of aromatic nitrogens is 2. The van der Waals surface area contributed by atoms with Gasteiger partial charge in [0.15, 0.2) is 0 Å². The number of fused-ring (bicyclic) bond motifs is 1. The summed E-state index contributed by atoms with van der Waals surface area (Å²) in [6.07, 6.45) is 0. The van der Waals surface area contributed by atoms with Crippen LogP contribution in [0.25, 0.3) is 11.0 Å². The van der Waals surface area contributed by atoms with E-state index in [2.05, 4.69) is 24.9 Å². The standard InChI is InChI=1S/C15H17N3OS/c1-9-6-12(20-10(9)2)8-18-14-5-4-11(19-3)7-13(14)17-15(18)16/h4-7H,8H2,1-3H3,(H2,16,17). The number of thiophene rings is 1. The van der Waals surface area contributed by atoms with E-state index in [4.69, 9.17) is 10.5 Å². The van der Waals surface area contributed by atoms with Crippen molar-refractivity contribution < 1.29 is 4.74 Å². The van der Waals surface area contributed by atoms with E-state index in [1.165, 1.54) is 15.3 Å². The summed E-state index contributed by atoms with van der Waals surface area (Å²) in [5.74, 6) is 1.34. The Morgan fingerprint density at radius 2 is 2.10 bits per heavy atom. The zero-order chi connectivity index (χ0) is 14.3. The smallest absolute Gasteiger partial charge is 0.201 e. The third-order valence-electron chi connectivity index (χ3n) is 3.52. The SMILES string of the molecule is COc1ccc2c(c1)nc(N)n2Cc1cc(C)c(C)s1. The van der Waals surface area contributed by atoms with Gasteiger partial charge < -0.3 is 15.0 Å². The molecule has 0 bridgehead atoms. The van der Waals surface area contributed by atoms with Crippen molar-refractivity contribution in [3.63, 3.8) is 0 Å². The minimum absolute atomic E-state index is 0.539. The minimum atomic E-state index is 0.539. The van der Waals surface area contributed by atoms with E-state index in [0.717, 1.165) is 23.3 Å². The molecule has 2 N–H and O–H groups in total. The van der Waals surface area contributed by atoms with Gasteiger partial charge in [0.05, 0.1) is 24.7 Å². The Balaban J connectivity index is 2.04. The van der Waals surface area contributed by atoms with E-state index in [0.29, 0.717) is 5.95 Å². The summed E-state index contributed by atoms with van der Waals surface area (Å²) < 4.78 is 7.26. The molecule has 0 saturated carbocycles. The van der Waals surface area contributed by atoms with Crippen LogP contribution in [0.4, 0.5) is 5.95 Å². The normalized spacial score (nSPS) is 11.2. The Hall–Kier alpha value is -2.01. The first-order valence-electron chi connectivity index (χ1n) is 6.44. The summed E-state index contributed by atoms with van der Waals surface area (Å²) in [4.78, 5) is 7.06. The highest BCUT2D eigenvalue weighted by atomic mass is 32.1. The van der Waals surface area contributed by atoms with Gasteiger partial charge in [0.1, 0.15) is 5.75 Å². The molecule has 104 valence electrons. The predicted molar refractivity (Wildman–Crippen MR) is 83.6 cm³/mol. The highest BCUT2D eigenvalue weighted by molar-refractivity contribution is 7.12. The van der Waals surface area contributed by atoms with E-state index in [-0.39, 0.29) is 0 Å². The van der Waals surface area contributed by atoms with Gasteiger partial charge in [0.25, 0.3) is 0 Å². The molecular weight excluding hydrogens is 270 g/mol. The molecule has 5 heteroatoms. The highest BCUT2D eigenvalue weighted by Gasteiger charge is 2.11. The summed E-state index contributed by atoms with van der Waals surface area (Å²) in [7, 11) is 1.65. The van der Waals surface area contributed by atoms with Gasteiger partial charge >= 0.3 is 0 Å². The fourth-order valence-corrected chi connectivity index (χ4v) is 3.35. The Morgan fingerprint density at radius 3 is 2.75 bits per heavy atom. The van der Waals surface area contributed by atoms with Crippen molar-refractivity contribution in [2.45, 2.75) is 20.4 Å². The largest absolute Gasteiger partial charge is 0.497 e. The average Bonchev–Trinajstić information content (AvgIpc) is 2.90. The Labute approximate surface area is 121 Å². The molecule has 0 aliphatic heterocycles. The number of nitrogen functional groups attached to an aromatic ring is 1. The van der Waals surface area contributed by atoms with Gasteiger partial charge in [-0.05, 0) is 37.6 Å². The Kier molecular flexibility index (Phi) is 3.14. The van der Waals surface area contributed by atoms with Crippen molar-refractivity contribution in [2.75, 3.05) is 12.8 Å². The quantitative estimate of drug-likeness (QED) is 0.803.